The van der Waals surface area contributed by atoms with E-state index >= 15 is 0 Å². The first-order valence-corrected chi connectivity index (χ1v) is 9.81. The lowest BCUT2D eigenvalue weighted by Crippen LogP contribution is -1.99. The number of rotatable bonds is 6. The summed E-state index contributed by atoms with van der Waals surface area (Å²) in [5.41, 5.74) is 0. The lowest BCUT2D eigenvalue weighted by molar-refractivity contribution is 0.343. The Bertz CT molecular complexity index is 985. The summed E-state index contributed by atoms with van der Waals surface area (Å²) in [4.78, 5) is 0.808. The molecule has 0 unspecified atom stereocenters. The Morgan fingerprint density at radius 2 is 1.84 bits per heavy atom. The minimum atomic E-state index is 0.456. The van der Waals surface area contributed by atoms with Crippen LogP contribution in [0.2, 0.25) is 5.02 Å². The highest BCUT2D eigenvalue weighted by molar-refractivity contribution is 7.99. The van der Waals surface area contributed by atoms with Gasteiger partial charge < -0.3 is 9.15 Å². The van der Waals surface area contributed by atoms with Gasteiger partial charge in [0, 0.05) is 15.8 Å². The zero-order valence-corrected chi connectivity index (χ0v) is 15.4. The Labute approximate surface area is 157 Å². The van der Waals surface area contributed by atoms with Gasteiger partial charge in [-0.3, -0.25) is 0 Å². The lowest BCUT2D eigenvalue weighted by Gasteiger charge is -2.03. The molecule has 0 aliphatic rings. The third-order valence-electron chi connectivity index (χ3n) is 3.46. The van der Waals surface area contributed by atoms with Gasteiger partial charge in [-0.2, -0.15) is 0 Å². The SMILES string of the molecule is Clc1c(-c2nnc(SCCOc3ccccc3)o2)sc2ccccc12. The summed E-state index contributed by atoms with van der Waals surface area (Å²) >= 11 is 9.47. The molecule has 4 rings (SSSR count). The zero-order valence-electron chi connectivity index (χ0n) is 13.0. The number of thiophene rings is 1. The third-order valence-corrected chi connectivity index (χ3v) is 5.90. The number of aromatic nitrogens is 2. The molecule has 2 aromatic carbocycles. The van der Waals surface area contributed by atoms with Crippen LogP contribution >= 0.6 is 34.7 Å². The topological polar surface area (TPSA) is 48.2 Å². The van der Waals surface area contributed by atoms with Crippen LogP contribution in [0.15, 0.2) is 64.2 Å². The van der Waals surface area contributed by atoms with Gasteiger partial charge >= 0.3 is 0 Å². The van der Waals surface area contributed by atoms with E-state index in [9.17, 15) is 0 Å². The molecule has 0 N–H and O–H groups in total. The number of nitrogens with zero attached hydrogens (tertiary/aromatic N) is 2. The molecule has 7 heteroatoms. The summed E-state index contributed by atoms with van der Waals surface area (Å²) in [6, 6.07) is 17.7. The maximum atomic E-state index is 6.45. The van der Waals surface area contributed by atoms with E-state index in [-0.39, 0.29) is 0 Å². The van der Waals surface area contributed by atoms with Crippen LogP contribution in [0.1, 0.15) is 0 Å². The fourth-order valence-corrected chi connectivity index (χ4v) is 4.33. The highest BCUT2D eigenvalue weighted by Gasteiger charge is 2.17. The molecule has 0 aliphatic heterocycles. The molecule has 2 heterocycles. The van der Waals surface area contributed by atoms with Crippen molar-refractivity contribution in [2.75, 3.05) is 12.4 Å². The van der Waals surface area contributed by atoms with Crippen LogP contribution in [0.3, 0.4) is 0 Å². The van der Waals surface area contributed by atoms with Crippen molar-refractivity contribution < 1.29 is 9.15 Å². The van der Waals surface area contributed by atoms with Crippen LogP contribution in [0.5, 0.6) is 5.75 Å². The highest BCUT2D eigenvalue weighted by atomic mass is 35.5. The quantitative estimate of drug-likeness (QED) is 0.309. The van der Waals surface area contributed by atoms with Crippen molar-refractivity contribution >= 4 is 44.8 Å². The maximum absolute atomic E-state index is 6.45. The average Bonchev–Trinajstić information content (AvgIpc) is 3.25. The van der Waals surface area contributed by atoms with Crippen LogP contribution in [0.4, 0.5) is 0 Å². The van der Waals surface area contributed by atoms with Gasteiger partial charge in [0.05, 0.1) is 11.6 Å². The van der Waals surface area contributed by atoms with E-state index in [0.717, 1.165) is 26.5 Å². The van der Waals surface area contributed by atoms with Gasteiger partial charge in [0.1, 0.15) is 10.6 Å². The van der Waals surface area contributed by atoms with Crippen LogP contribution < -0.4 is 4.74 Å². The molecule has 2 aromatic heterocycles. The number of benzene rings is 2. The molecule has 4 aromatic rings. The van der Waals surface area contributed by atoms with Gasteiger partial charge in [-0.15, -0.1) is 21.5 Å². The van der Waals surface area contributed by atoms with Crippen molar-refractivity contribution in [3.05, 3.63) is 59.6 Å². The molecule has 0 saturated carbocycles. The summed E-state index contributed by atoms with van der Waals surface area (Å²) in [6.45, 7) is 0.566. The number of hydrogen-bond acceptors (Lipinski definition) is 6. The Morgan fingerprint density at radius 1 is 1.04 bits per heavy atom. The maximum Gasteiger partial charge on any atom is 0.277 e. The number of thioether (sulfide) groups is 1. The van der Waals surface area contributed by atoms with Crippen LogP contribution in [-0.4, -0.2) is 22.6 Å². The second-order valence-electron chi connectivity index (χ2n) is 5.12. The van der Waals surface area contributed by atoms with E-state index < -0.39 is 0 Å². The van der Waals surface area contributed by atoms with E-state index in [4.69, 9.17) is 20.8 Å². The molecule has 0 atom stereocenters. The van der Waals surface area contributed by atoms with Crippen molar-refractivity contribution in [2.45, 2.75) is 5.22 Å². The zero-order chi connectivity index (χ0) is 17.1. The van der Waals surface area contributed by atoms with Gasteiger partial charge in [-0.25, -0.2) is 0 Å². The Hall–Kier alpha value is -2.02. The van der Waals surface area contributed by atoms with Crippen molar-refractivity contribution in [1.82, 2.24) is 10.2 Å². The Morgan fingerprint density at radius 3 is 2.68 bits per heavy atom. The van der Waals surface area contributed by atoms with E-state index in [1.54, 1.807) is 11.3 Å². The summed E-state index contributed by atoms with van der Waals surface area (Å²) < 4.78 is 12.5. The van der Waals surface area contributed by atoms with Gasteiger partial charge in [-0.1, -0.05) is 59.8 Å². The fraction of sp³-hybridized carbons (Fsp3) is 0.111. The van der Waals surface area contributed by atoms with E-state index in [0.29, 0.717) is 22.7 Å². The molecule has 126 valence electrons. The summed E-state index contributed by atoms with van der Waals surface area (Å²) in [5, 5.41) is 10.4. The summed E-state index contributed by atoms with van der Waals surface area (Å²) in [5.74, 6) is 2.03. The first-order valence-electron chi connectivity index (χ1n) is 7.63. The van der Waals surface area contributed by atoms with Gasteiger partial charge in [0.15, 0.2) is 0 Å². The third kappa shape index (κ3) is 3.66. The number of fused-ring (bicyclic) bond motifs is 1. The smallest absolute Gasteiger partial charge is 0.277 e. The number of ether oxygens (including phenoxy) is 1. The molecule has 0 saturated heterocycles. The van der Waals surface area contributed by atoms with Crippen LogP contribution in [0, 0.1) is 0 Å². The molecule has 25 heavy (non-hydrogen) atoms. The van der Waals surface area contributed by atoms with Gasteiger partial charge in [0.2, 0.25) is 0 Å². The molecule has 0 spiro atoms. The van der Waals surface area contributed by atoms with Crippen molar-refractivity contribution in [3.8, 4) is 16.5 Å². The highest BCUT2D eigenvalue weighted by Crippen LogP contribution is 2.41. The van der Waals surface area contributed by atoms with Crippen molar-refractivity contribution in [3.63, 3.8) is 0 Å². The Kier molecular flexibility index (Phi) is 4.92. The van der Waals surface area contributed by atoms with Crippen molar-refractivity contribution in [2.24, 2.45) is 0 Å². The number of hydrogen-bond donors (Lipinski definition) is 0. The minimum Gasteiger partial charge on any atom is -0.493 e. The minimum absolute atomic E-state index is 0.456. The normalized spacial score (nSPS) is 11.1. The van der Waals surface area contributed by atoms with Gasteiger partial charge in [0.25, 0.3) is 11.1 Å². The van der Waals surface area contributed by atoms with E-state index in [2.05, 4.69) is 10.2 Å². The first-order chi connectivity index (χ1) is 12.3. The number of para-hydroxylation sites is 1. The summed E-state index contributed by atoms with van der Waals surface area (Å²) in [6.07, 6.45) is 0. The molecular weight excluding hydrogens is 376 g/mol. The predicted molar refractivity (Wildman–Crippen MR) is 103 cm³/mol. The van der Waals surface area contributed by atoms with Crippen LogP contribution in [0.25, 0.3) is 20.9 Å². The first kappa shape index (κ1) is 16.4. The van der Waals surface area contributed by atoms with E-state index in [1.165, 1.54) is 11.8 Å². The second kappa shape index (κ2) is 7.47. The van der Waals surface area contributed by atoms with E-state index in [1.807, 2.05) is 54.6 Å². The van der Waals surface area contributed by atoms with Gasteiger partial charge in [-0.05, 0) is 18.2 Å². The molecular formula is C18H13ClN2O2S2. The predicted octanol–water partition coefficient (Wildman–Crippen LogP) is 5.78. The largest absolute Gasteiger partial charge is 0.493 e. The average molecular weight is 389 g/mol. The Balaban J connectivity index is 1.40. The van der Waals surface area contributed by atoms with Crippen LogP contribution in [-0.2, 0) is 0 Å². The molecule has 0 aliphatic carbocycles. The second-order valence-corrected chi connectivity index (χ2v) is 7.60. The summed E-state index contributed by atoms with van der Waals surface area (Å²) in [7, 11) is 0. The standard InChI is InChI=1S/C18H13ClN2O2S2/c19-15-13-8-4-5-9-14(13)25-16(15)17-20-21-18(23-17)24-11-10-22-12-6-2-1-3-7-12/h1-9H,10-11H2. The molecule has 0 radical (unpaired) electrons. The monoisotopic (exact) mass is 388 g/mol. The molecule has 0 bridgehead atoms. The lowest BCUT2D eigenvalue weighted by atomic mass is 10.2. The fourth-order valence-electron chi connectivity index (χ4n) is 2.32. The molecule has 0 amide bonds. The molecule has 0 fully saturated rings. The number of halogens is 1. The van der Waals surface area contributed by atoms with Crippen molar-refractivity contribution in [1.29, 1.82) is 0 Å². The molecule has 4 nitrogen and oxygen atoms in total.